The first-order chi connectivity index (χ1) is 13.1. The lowest BCUT2D eigenvalue weighted by atomic mass is 9.94. The fourth-order valence-corrected chi connectivity index (χ4v) is 4.04. The van der Waals surface area contributed by atoms with Crippen molar-refractivity contribution in [1.29, 1.82) is 0 Å². The fourth-order valence-electron chi connectivity index (χ4n) is 4.04. The number of aromatic amines is 1. The number of methoxy groups -OCH3 is 2. The number of nitrogens with one attached hydrogen (secondary N) is 1. The van der Waals surface area contributed by atoms with Crippen LogP contribution in [0.3, 0.4) is 0 Å². The van der Waals surface area contributed by atoms with Crippen LogP contribution >= 0.6 is 0 Å². The normalized spacial score (nSPS) is 12.6. The number of H-pyrrole nitrogens is 1. The summed E-state index contributed by atoms with van der Waals surface area (Å²) in [6.45, 7) is 5.48. The standard InChI is InChI=1S/C23H26N2O2/c1-15(2)12-19-22-18-14-21(27-4)20(26-3)13-17(18)10-11-25(22)23(24-19)16-8-6-5-7-9-16/h5-9,13-15H,10-12H2,1-4H3/p+1. The summed E-state index contributed by atoms with van der Waals surface area (Å²) >= 11 is 0. The average molecular weight is 363 g/mol. The highest BCUT2D eigenvalue weighted by Crippen LogP contribution is 2.39. The Kier molecular flexibility index (Phi) is 4.65. The Morgan fingerprint density at radius 2 is 1.74 bits per heavy atom. The van der Waals surface area contributed by atoms with Gasteiger partial charge in [-0.2, -0.15) is 0 Å². The summed E-state index contributed by atoms with van der Waals surface area (Å²) < 4.78 is 13.5. The van der Waals surface area contributed by atoms with Crippen LogP contribution in [0.1, 0.15) is 25.1 Å². The number of aromatic nitrogens is 2. The van der Waals surface area contributed by atoms with Crippen LogP contribution in [0, 0.1) is 5.92 Å². The predicted molar refractivity (Wildman–Crippen MR) is 107 cm³/mol. The van der Waals surface area contributed by atoms with Gasteiger partial charge < -0.3 is 9.47 Å². The zero-order valence-electron chi connectivity index (χ0n) is 16.5. The number of rotatable bonds is 5. The van der Waals surface area contributed by atoms with Crippen LogP contribution in [0.5, 0.6) is 11.5 Å². The Hall–Kier alpha value is -2.75. The second-order valence-corrected chi connectivity index (χ2v) is 7.53. The van der Waals surface area contributed by atoms with E-state index in [1.165, 1.54) is 33.9 Å². The minimum atomic E-state index is 0.572. The smallest absolute Gasteiger partial charge is 0.287 e. The minimum Gasteiger partial charge on any atom is -0.493 e. The number of benzene rings is 2. The Balaban J connectivity index is 1.94. The van der Waals surface area contributed by atoms with Crippen molar-refractivity contribution in [3.05, 3.63) is 53.7 Å². The van der Waals surface area contributed by atoms with Crippen molar-refractivity contribution >= 4 is 0 Å². The van der Waals surface area contributed by atoms with E-state index >= 15 is 0 Å². The highest BCUT2D eigenvalue weighted by Gasteiger charge is 2.32. The monoisotopic (exact) mass is 363 g/mol. The van der Waals surface area contributed by atoms with Crippen molar-refractivity contribution in [3.8, 4) is 34.1 Å². The van der Waals surface area contributed by atoms with Gasteiger partial charge in [-0.3, -0.25) is 0 Å². The van der Waals surface area contributed by atoms with E-state index in [0.29, 0.717) is 5.92 Å². The first-order valence-electron chi connectivity index (χ1n) is 9.57. The molecule has 2 aromatic carbocycles. The van der Waals surface area contributed by atoms with Crippen LogP contribution < -0.4 is 14.0 Å². The Labute approximate surface area is 160 Å². The molecule has 0 fully saturated rings. The molecule has 0 unspecified atom stereocenters. The predicted octanol–water partition coefficient (Wildman–Crippen LogP) is 4.41. The third-order valence-corrected chi connectivity index (χ3v) is 5.22. The van der Waals surface area contributed by atoms with Crippen LogP contribution in [-0.2, 0) is 19.4 Å². The molecule has 1 aliphatic rings. The zero-order valence-corrected chi connectivity index (χ0v) is 16.5. The van der Waals surface area contributed by atoms with Crippen LogP contribution in [0.2, 0.25) is 0 Å². The number of aryl methyl sites for hydroxylation is 1. The van der Waals surface area contributed by atoms with Crippen molar-refractivity contribution in [2.45, 2.75) is 33.2 Å². The van der Waals surface area contributed by atoms with Crippen LogP contribution in [0.15, 0.2) is 42.5 Å². The molecule has 4 nitrogen and oxygen atoms in total. The molecule has 140 valence electrons. The van der Waals surface area contributed by atoms with Crippen molar-refractivity contribution in [3.63, 3.8) is 0 Å². The highest BCUT2D eigenvalue weighted by molar-refractivity contribution is 5.71. The van der Waals surface area contributed by atoms with E-state index in [9.17, 15) is 0 Å². The van der Waals surface area contributed by atoms with Gasteiger partial charge in [0.2, 0.25) is 0 Å². The second-order valence-electron chi connectivity index (χ2n) is 7.53. The van der Waals surface area contributed by atoms with Gasteiger partial charge in [-0.15, -0.1) is 0 Å². The van der Waals surface area contributed by atoms with Gasteiger partial charge >= 0.3 is 0 Å². The minimum absolute atomic E-state index is 0.572. The first kappa shape index (κ1) is 17.7. The van der Waals surface area contributed by atoms with Crippen molar-refractivity contribution in [2.75, 3.05) is 14.2 Å². The highest BCUT2D eigenvalue weighted by atomic mass is 16.5. The van der Waals surface area contributed by atoms with E-state index in [4.69, 9.17) is 9.47 Å². The number of fused-ring (bicyclic) bond motifs is 3. The molecule has 27 heavy (non-hydrogen) atoms. The molecule has 0 saturated carbocycles. The van der Waals surface area contributed by atoms with E-state index < -0.39 is 0 Å². The van der Waals surface area contributed by atoms with E-state index in [-0.39, 0.29) is 0 Å². The van der Waals surface area contributed by atoms with E-state index in [0.717, 1.165) is 30.9 Å². The molecule has 1 N–H and O–H groups in total. The largest absolute Gasteiger partial charge is 0.493 e. The SMILES string of the molecule is COc1cc2c(cc1OC)-c1c(CC(C)C)[nH]c(-c3ccccc3)[n+]1CC2. The topological polar surface area (TPSA) is 38.1 Å². The Morgan fingerprint density at radius 1 is 1.04 bits per heavy atom. The summed E-state index contributed by atoms with van der Waals surface area (Å²) in [6.07, 6.45) is 1.99. The fraction of sp³-hybridized carbons (Fsp3) is 0.348. The lowest BCUT2D eigenvalue weighted by Gasteiger charge is -2.19. The van der Waals surface area contributed by atoms with Gasteiger partial charge in [0.25, 0.3) is 5.82 Å². The summed E-state index contributed by atoms with van der Waals surface area (Å²) in [6, 6.07) is 14.8. The molecule has 0 atom stereocenters. The molecule has 0 spiro atoms. The molecular formula is C23H27N2O2+. The van der Waals surface area contributed by atoms with E-state index in [2.05, 4.69) is 65.9 Å². The maximum absolute atomic E-state index is 5.59. The molecule has 0 saturated heterocycles. The number of nitrogens with zero attached hydrogens (tertiary/aromatic N) is 1. The quantitative estimate of drug-likeness (QED) is 0.682. The summed E-state index contributed by atoms with van der Waals surface area (Å²) in [5.41, 5.74) is 6.35. The van der Waals surface area contributed by atoms with E-state index in [1.54, 1.807) is 14.2 Å². The van der Waals surface area contributed by atoms with Gasteiger partial charge in [0, 0.05) is 18.4 Å². The molecule has 1 aromatic heterocycles. The summed E-state index contributed by atoms with van der Waals surface area (Å²) in [5.74, 6) is 3.33. The molecule has 0 bridgehead atoms. The number of ether oxygens (including phenoxy) is 2. The lowest BCUT2D eigenvalue weighted by Crippen LogP contribution is -2.40. The molecule has 3 aromatic rings. The first-order valence-corrected chi connectivity index (χ1v) is 9.57. The second kappa shape index (κ2) is 7.10. The number of hydrogen-bond acceptors (Lipinski definition) is 2. The van der Waals surface area contributed by atoms with Gasteiger partial charge in [-0.1, -0.05) is 32.0 Å². The van der Waals surface area contributed by atoms with Crippen LogP contribution in [0.25, 0.3) is 22.6 Å². The van der Waals surface area contributed by atoms with Crippen molar-refractivity contribution in [2.24, 2.45) is 5.92 Å². The van der Waals surface area contributed by atoms with Gasteiger partial charge in [0.15, 0.2) is 17.2 Å². The molecule has 4 rings (SSSR count). The number of hydrogen-bond donors (Lipinski definition) is 1. The summed E-state index contributed by atoms with van der Waals surface area (Å²) in [7, 11) is 3.39. The average Bonchev–Trinajstić information content (AvgIpc) is 3.05. The Bertz CT molecular complexity index is 958. The zero-order chi connectivity index (χ0) is 19.0. The molecule has 0 amide bonds. The maximum atomic E-state index is 5.59. The molecular weight excluding hydrogens is 336 g/mol. The van der Waals surface area contributed by atoms with Crippen LogP contribution in [0.4, 0.5) is 0 Å². The van der Waals surface area contributed by atoms with Gasteiger partial charge in [-0.05, 0) is 35.7 Å². The van der Waals surface area contributed by atoms with E-state index in [1.807, 2.05) is 0 Å². The third kappa shape index (κ3) is 3.09. The molecule has 2 heterocycles. The van der Waals surface area contributed by atoms with Gasteiger partial charge in [-0.25, -0.2) is 9.55 Å². The molecule has 0 aliphatic carbocycles. The summed E-state index contributed by atoms with van der Waals surface area (Å²) in [5, 5.41) is 0. The third-order valence-electron chi connectivity index (χ3n) is 5.22. The molecule has 4 heteroatoms. The van der Waals surface area contributed by atoms with Crippen molar-refractivity contribution < 1.29 is 14.0 Å². The van der Waals surface area contributed by atoms with Crippen molar-refractivity contribution in [1.82, 2.24) is 4.98 Å². The Morgan fingerprint density at radius 3 is 2.41 bits per heavy atom. The van der Waals surface area contributed by atoms with Gasteiger partial charge in [0.1, 0.15) is 5.69 Å². The van der Waals surface area contributed by atoms with Crippen LogP contribution in [-0.4, -0.2) is 19.2 Å². The lowest BCUT2D eigenvalue weighted by molar-refractivity contribution is -0.675. The summed E-state index contributed by atoms with van der Waals surface area (Å²) in [4.78, 5) is 3.74. The molecule has 0 radical (unpaired) electrons. The van der Waals surface area contributed by atoms with Gasteiger partial charge in [0.05, 0.1) is 26.3 Å². The molecule has 1 aliphatic heterocycles. The maximum Gasteiger partial charge on any atom is 0.287 e. The number of imidazole rings is 1.